The smallest absolute Gasteiger partial charge is 0.413 e. The Morgan fingerprint density at radius 1 is 1.22 bits per heavy atom. The van der Waals surface area contributed by atoms with Gasteiger partial charge in [0.05, 0.1) is 28.4 Å². The Balaban J connectivity index is 1.40. The van der Waals surface area contributed by atoms with Crippen molar-refractivity contribution in [1.82, 2.24) is 15.6 Å². The van der Waals surface area contributed by atoms with Gasteiger partial charge in [0.25, 0.3) is 11.8 Å². The van der Waals surface area contributed by atoms with Crippen LogP contribution in [0.15, 0.2) is 30.3 Å². The number of anilines is 1. The van der Waals surface area contributed by atoms with Crippen molar-refractivity contribution in [2.45, 2.75) is 32.2 Å². The van der Waals surface area contributed by atoms with E-state index in [4.69, 9.17) is 27.9 Å². The van der Waals surface area contributed by atoms with Crippen molar-refractivity contribution in [3.63, 3.8) is 0 Å². The number of amides is 3. The van der Waals surface area contributed by atoms with Crippen LogP contribution in [-0.4, -0.2) is 48.5 Å². The molecule has 1 atom stereocenters. The van der Waals surface area contributed by atoms with Crippen LogP contribution in [0, 0.1) is 17.2 Å². The van der Waals surface area contributed by atoms with E-state index in [0.717, 1.165) is 18.5 Å². The number of nitriles is 1. The van der Waals surface area contributed by atoms with E-state index < -0.39 is 18.0 Å². The van der Waals surface area contributed by atoms with Crippen molar-refractivity contribution in [2.24, 2.45) is 5.92 Å². The fourth-order valence-electron chi connectivity index (χ4n) is 3.86. The van der Waals surface area contributed by atoms with E-state index in [1.807, 2.05) is 16.3 Å². The zero-order valence-electron chi connectivity index (χ0n) is 20.0. The normalized spacial score (nSPS) is 15.3. The van der Waals surface area contributed by atoms with Crippen LogP contribution >= 0.6 is 23.2 Å². The Morgan fingerprint density at radius 2 is 1.95 bits per heavy atom. The van der Waals surface area contributed by atoms with E-state index in [0.29, 0.717) is 29.5 Å². The zero-order chi connectivity index (χ0) is 26.5. The van der Waals surface area contributed by atoms with Gasteiger partial charge in [-0.05, 0) is 68.0 Å². The molecule has 1 fully saturated rings. The highest BCUT2D eigenvalue weighted by Gasteiger charge is 2.30. The first-order valence-corrected chi connectivity index (χ1v) is 12.5. The number of imide groups is 1. The summed E-state index contributed by atoms with van der Waals surface area (Å²) < 4.78 is 10.6. The number of hydrazine groups is 1. The lowest BCUT2D eigenvalue weighted by molar-refractivity contribution is -0.121. The van der Waals surface area contributed by atoms with Crippen molar-refractivity contribution in [3.05, 3.63) is 51.5 Å². The highest BCUT2D eigenvalue weighted by molar-refractivity contribution is 6.37. The van der Waals surface area contributed by atoms with E-state index >= 15 is 0 Å². The van der Waals surface area contributed by atoms with Gasteiger partial charge in [-0.1, -0.05) is 23.2 Å². The van der Waals surface area contributed by atoms with Crippen LogP contribution in [0.1, 0.15) is 35.7 Å². The molecule has 0 saturated heterocycles. The first kappa shape index (κ1) is 26.5. The molecule has 12 heteroatoms. The second-order valence-corrected chi connectivity index (χ2v) is 9.49. The Hall–Kier alpha value is -3.52. The number of fused-ring (bicyclic) bond motifs is 1. The third-order valence-electron chi connectivity index (χ3n) is 5.89. The fourth-order valence-corrected chi connectivity index (χ4v) is 4.43. The lowest BCUT2D eigenvalue weighted by Crippen LogP contribution is -2.47. The van der Waals surface area contributed by atoms with E-state index in [9.17, 15) is 19.6 Å². The van der Waals surface area contributed by atoms with Crippen LogP contribution in [0.3, 0.4) is 0 Å². The largest absolute Gasteiger partial charge is 0.454 e. The molecule has 1 heterocycles. The van der Waals surface area contributed by atoms with Gasteiger partial charge in [-0.2, -0.15) is 5.26 Å². The van der Waals surface area contributed by atoms with Crippen molar-refractivity contribution in [1.29, 1.82) is 5.26 Å². The number of rotatable bonds is 9. The molecular weight excluding hydrogens is 521 g/mol. The van der Waals surface area contributed by atoms with E-state index in [1.165, 1.54) is 25.0 Å². The van der Waals surface area contributed by atoms with Crippen LogP contribution in [0.2, 0.25) is 10.0 Å². The molecule has 194 valence electrons. The standard InChI is InChI=1S/C25H25Cl2N5O5/c1-2-36-25(35)29-23(33)21(12-28)31-30-16-10-19(26)22(20(27)11-16)37-17-5-6-18-15(9-17)7-8-32(24(18)34)13-14-3-4-14/h5-6,9-11,14,21,30-31H,2-4,7-8,13H2,1H3,(H,29,33,35). The first-order chi connectivity index (χ1) is 17.8. The topological polar surface area (TPSA) is 133 Å². The Kier molecular flexibility index (Phi) is 8.38. The summed E-state index contributed by atoms with van der Waals surface area (Å²) in [5, 5.41) is 11.5. The zero-order valence-corrected chi connectivity index (χ0v) is 21.5. The highest BCUT2D eigenvalue weighted by Crippen LogP contribution is 2.39. The maximum Gasteiger partial charge on any atom is 0.413 e. The van der Waals surface area contributed by atoms with E-state index in [2.05, 4.69) is 15.6 Å². The van der Waals surface area contributed by atoms with Crippen LogP contribution in [0.25, 0.3) is 0 Å². The number of halogens is 2. The Morgan fingerprint density at radius 3 is 2.59 bits per heavy atom. The maximum atomic E-state index is 12.8. The number of benzene rings is 2. The number of nitrogens with one attached hydrogen (secondary N) is 3. The highest BCUT2D eigenvalue weighted by atomic mass is 35.5. The summed E-state index contributed by atoms with van der Waals surface area (Å²) in [5.41, 5.74) is 7.10. The summed E-state index contributed by atoms with van der Waals surface area (Å²) in [4.78, 5) is 38.2. The molecule has 0 bridgehead atoms. The number of carbonyl (C=O) groups excluding carboxylic acids is 3. The van der Waals surface area contributed by atoms with Gasteiger partial charge in [-0.25, -0.2) is 10.2 Å². The van der Waals surface area contributed by atoms with Crippen LogP contribution in [0.5, 0.6) is 11.5 Å². The molecule has 0 radical (unpaired) electrons. The first-order valence-electron chi connectivity index (χ1n) is 11.8. The summed E-state index contributed by atoms with van der Waals surface area (Å²) in [5.74, 6) is 0.489. The minimum Gasteiger partial charge on any atom is -0.454 e. The molecule has 2 aliphatic rings. The molecule has 1 aliphatic carbocycles. The average molecular weight is 546 g/mol. The number of hydrogen-bond acceptors (Lipinski definition) is 8. The van der Waals surface area contributed by atoms with Crippen LogP contribution in [-0.2, 0) is 16.0 Å². The van der Waals surface area contributed by atoms with E-state index in [-0.39, 0.29) is 28.3 Å². The molecule has 4 rings (SSSR count). The van der Waals surface area contributed by atoms with Gasteiger partial charge in [-0.3, -0.25) is 14.9 Å². The van der Waals surface area contributed by atoms with E-state index in [1.54, 1.807) is 25.1 Å². The monoisotopic (exact) mass is 545 g/mol. The summed E-state index contributed by atoms with van der Waals surface area (Å²) >= 11 is 12.8. The Labute approximate surface area is 223 Å². The molecule has 0 aromatic heterocycles. The number of hydrogen-bond donors (Lipinski definition) is 3. The SMILES string of the molecule is CCOC(=O)NC(=O)C(C#N)NNc1cc(Cl)c(Oc2ccc3c(c2)CCN(CC2CC2)C3=O)c(Cl)c1. The van der Waals surface area contributed by atoms with Gasteiger partial charge in [0.2, 0.25) is 0 Å². The minimum absolute atomic E-state index is 0.0466. The van der Waals surface area contributed by atoms with Crippen LogP contribution in [0.4, 0.5) is 10.5 Å². The van der Waals surface area contributed by atoms with Crippen LogP contribution < -0.4 is 20.9 Å². The molecule has 2 aromatic rings. The van der Waals surface area contributed by atoms with Gasteiger partial charge < -0.3 is 19.8 Å². The number of ether oxygens (including phenoxy) is 2. The molecule has 1 aliphatic heterocycles. The second-order valence-electron chi connectivity index (χ2n) is 8.68. The summed E-state index contributed by atoms with van der Waals surface area (Å²) in [7, 11) is 0. The number of carbonyl (C=O) groups is 3. The van der Waals surface area contributed by atoms with Gasteiger partial charge >= 0.3 is 6.09 Å². The molecule has 3 amide bonds. The molecule has 10 nitrogen and oxygen atoms in total. The van der Waals surface area contributed by atoms with Crippen molar-refractivity contribution in [3.8, 4) is 17.6 Å². The predicted molar refractivity (Wildman–Crippen MR) is 137 cm³/mol. The molecule has 37 heavy (non-hydrogen) atoms. The lowest BCUT2D eigenvalue weighted by atomic mass is 9.98. The number of nitrogens with zero attached hydrogens (tertiary/aromatic N) is 2. The van der Waals surface area contributed by atoms with Crippen molar-refractivity contribution < 1.29 is 23.9 Å². The summed E-state index contributed by atoms with van der Waals surface area (Å²) in [6.45, 7) is 3.17. The van der Waals surface area contributed by atoms with Gasteiger partial charge in [-0.15, -0.1) is 0 Å². The second kappa shape index (κ2) is 11.7. The summed E-state index contributed by atoms with van der Waals surface area (Å²) in [6.07, 6.45) is 2.17. The maximum absolute atomic E-state index is 12.8. The quantitative estimate of drug-likeness (QED) is 0.397. The molecule has 2 aromatic carbocycles. The molecule has 1 saturated carbocycles. The molecule has 3 N–H and O–H groups in total. The third kappa shape index (κ3) is 6.63. The molecule has 1 unspecified atom stereocenters. The van der Waals surface area contributed by atoms with Crippen molar-refractivity contribution >= 4 is 46.8 Å². The molecular formula is C25H25Cl2N5O5. The molecule has 0 spiro atoms. The fraction of sp³-hybridized carbons (Fsp3) is 0.360. The minimum atomic E-state index is -1.41. The Bertz CT molecular complexity index is 1240. The average Bonchev–Trinajstić information content (AvgIpc) is 3.68. The summed E-state index contributed by atoms with van der Waals surface area (Å²) in [6, 6.07) is 8.59. The van der Waals surface area contributed by atoms with Gasteiger partial charge in [0.15, 0.2) is 11.8 Å². The number of alkyl carbamates (subject to hydrolysis) is 1. The van der Waals surface area contributed by atoms with Crippen molar-refractivity contribution in [2.75, 3.05) is 25.1 Å². The predicted octanol–water partition coefficient (Wildman–Crippen LogP) is 4.28. The van der Waals surface area contributed by atoms with Gasteiger partial charge in [0, 0.05) is 18.7 Å². The van der Waals surface area contributed by atoms with Gasteiger partial charge in [0.1, 0.15) is 5.75 Å². The third-order valence-corrected chi connectivity index (χ3v) is 6.45. The lowest BCUT2D eigenvalue weighted by Gasteiger charge is -2.29.